The fourth-order valence-electron chi connectivity index (χ4n) is 8.30. The zero-order valence-electron chi connectivity index (χ0n) is 29.0. The van der Waals surface area contributed by atoms with Crippen LogP contribution in [0.25, 0.3) is 0 Å². The normalized spacial score (nSPS) is 28.9. The van der Waals surface area contributed by atoms with Gasteiger partial charge in [-0.1, -0.05) is 60.2 Å². The van der Waals surface area contributed by atoms with Crippen molar-refractivity contribution in [3.8, 4) is 5.75 Å². The molecule has 2 N–H and O–H groups in total. The fourth-order valence-corrected chi connectivity index (χ4v) is 10.1. The number of rotatable bonds is 5. The molecule has 3 aromatic carbocycles. The van der Waals surface area contributed by atoms with Crippen LogP contribution in [0, 0.1) is 11.8 Å². The minimum Gasteiger partial charge on any atom is -0.490 e. The molecule has 2 aliphatic heterocycles. The molecule has 1 fully saturated rings. The van der Waals surface area contributed by atoms with Gasteiger partial charge >= 0.3 is 0 Å². The Morgan fingerprint density at radius 2 is 2.00 bits per heavy atom. The Morgan fingerprint density at radius 3 is 2.78 bits per heavy atom. The van der Waals surface area contributed by atoms with Crippen LogP contribution in [0.4, 0.5) is 5.69 Å². The lowest BCUT2D eigenvalue weighted by atomic mass is 9.68. The van der Waals surface area contributed by atoms with E-state index in [1.165, 1.54) is 11.1 Å². The van der Waals surface area contributed by atoms with E-state index in [-0.39, 0.29) is 29.3 Å². The van der Waals surface area contributed by atoms with Crippen LogP contribution in [-0.4, -0.2) is 59.8 Å². The van der Waals surface area contributed by atoms with Gasteiger partial charge in [0.2, 0.25) is 5.91 Å². The number of aryl methyl sites for hydroxylation is 1. The number of nitrogens with zero attached hydrogens (tertiary/aromatic N) is 2. The number of methoxy groups -OCH3 is 1. The third-order valence-corrected chi connectivity index (χ3v) is 13.2. The van der Waals surface area contributed by atoms with Crippen molar-refractivity contribution in [2.24, 2.45) is 16.2 Å². The van der Waals surface area contributed by atoms with E-state index >= 15 is 0 Å². The number of benzene rings is 3. The molecule has 7 rings (SSSR count). The van der Waals surface area contributed by atoms with Gasteiger partial charge in [0.15, 0.2) is 0 Å². The van der Waals surface area contributed by atoms with Gasteiger partial charge in [0, 0.05) is 36.2 Å². The van der Waals surface area contributed by atoms with E-state index < -0.39 is 27.8 Å². The number of aliphatic hydroxyl groups is 1. The van der Waals surface area contributed by atoms with Gasteiger partial charge in [-0.05, 0) is 104 Å². The van der Waals surface area contributed by atoms with Gasteiger partial charge in [-0.15, -0.1) is 4.36 Å². The second-order valence-corrected chi connectivity index (χ2v) is 17.0. The standard InChI is InChI=1S/C40H46ClN3O6S/c1-49-36-12-6-3-7-20-51(48,42-38(46)23-35(45)27-9-4-2-5-10-27)43-39(47)29-14-18-37-34(22-29)44(24-30-13-16-32(30)36)25-40(26-50-37)19-8-11-28-21-31(41)15-17-33(28)40/h2,4-6,9-10,12,14-15,17-18,21-22,30,32,35-36,45H,3,7-8,11,13,16,19-20,23-26H2,1H3,(H,42,43,46,47,48)/b12-6+/t30-,32+,35-,36-,40-,51+/m0/s1. The van der Waals surface area contributed by atoms with E-state index in [2.05, 4.69) is 32.2 Å². The number of fused-ring (bicyclic) bond motifs is 4. The first-order valence-corrected chi connectivity index (χ1v) is 20.0. The summed E-state index contributed by atoms with van der Waals surface area (Å²) in [7, 11) is -1.78. The van der Waals surface area contributed by atoms with Crippen LogP contribution in [0.5, 0.6) is 5.75 Å². The number of halogens is 1. The molecule has 11 heteroatoms. The average Bonchev–Trinajstić information content (AvgIpc) is 3.25. The van der Waals surface area contributed by atoms with Gasteiger partial charge in [0.05, 0.1) is 36.7 Å². The first-order chi connectivity index (χ1) is 24.6. The van der Waals surface area contributed by atoms with Crippen molar-refractivity contribution in [2.75, 3.05) is 37.5 Å². The van der Waals surface area contributed by atoms with Crippen molar-refractivity contribution in [1.29, 1.82) is 0 Å². The van der Waals surface area contributed by atoms with Crippen LogP contribution >= 0.6 is 11.6 Å². The molecule has 6 atom stereocenters. The highest BCUT2D eigenvalue weighted by Gasteiger charge is 2.44. The number of nitrogens with one attached hydrogen (secondary N) is 1. The molecule has 51 heavy (non-hydrogen) atoms. The monoisotopic (exact) mass is 731 g/mol. The fraction of sp³-hybridized carbons (Fsp3) is 0.450. The number of amides is 2. The van der Waals surface area contributed by atoms with E-state index in [1.54, 1.807) is 43.5 Å². The van der Waals surface area contributed by atoms with Gasteiger partial charge in [-0.25, -0.2) is 4.21 Å². The molecule has 4 aliphatic rings. The van der Waals surface area contributed by atoms with Crippen LogP contribution in [0.3, 0.4) is 0 Å². The smallest absolute Gasteiger partial charge is 0.286 e. The Balaban J connectivity index is 1.24. The minimum atomic E-state index is -3.53. The number of hydrogen-bond donors (Lipinski definition) is 2. The van der Waals surface area contributed by atoms with Crippen molar-refractivity contribution in [3.63, 3.8) is 0 Å². The Labute approximate surface area is 305 Å². The average molecular weight is 732 g/mol. The molecule has 0 aromatic heterocycles. The number of ether oxygens (including phenoxy) is 2. The summed E-state index contributed by atoms with van der Waals surface area (Å²) in [6.45, 7) is 1.97. The van der Waals surface area contributed by atoms with Gasteiger partial charge < -0.3 is 19.5 Å². The maximum absolute atomic E-state index is 14.3. The lowest BCUT2D eigenvalue weighted by Crippen LogP contribution is -2.49. The molecule has 0 saturated heterocycles. The number of carbonyl (C=O) groups excluding carboxylic acids is 2. The summed E-state index contributed by atoms with van der Waals surface area (Å²) in [5.74, 6) is 0.0637. The summed E-state index contributed by atoms with van der Waals surface area (Å²) in [6.07, 6.45) is 8.78. The summed E-state index contributed by atoms with van der Waals surface area (Å²) >= 11 is 6.45. The van der Waals surface area contributed by atoms with Crippen LogP contribution < -0.4 is 14.4 Å². The molecule has 3 aromatic rings. The van der Waals surface area contributed by atoms with Crippen molar-refractivity contribution in [3.05, 3.63) is 106 Å². The predicted octanol–water partition coefficient (Wildman–Crippen LogP) is 6.97. The zero-order chi connectivity index (χ0) is 35.6. The van der Waals surface area contributed by atoms with Crippen molar-refractivity contribution in [2.45, 2.75) is 69.0 Å². The summed E-state index contributed by atoms with van der Waals surface area (Å²) in [5, 5.41) is 11.4. The largest absolute Gasteiger partial charge is 0.490 e. The molecular weight excluding hydrogens is 686 g/mol. The molecule has 9 nitrogen and oxygen atoms in total. The lowest BCUT2D eigenvalue weighted by Gasteiger charge is -2.46. The van der Waals surface area contributed by atoms with Gasteiger partial charge in [0.1, 0.15) is 15.7 Å². The third kappa shape index (κ3) is 7.75. The molecule has 2 heterocycles. The summed E-state index contributed by atoms with van der Waals surface area (Å²) < 4.78 is 33.6. The Kier molecular flexibility index (Phi) is 10.6. The van der Waals surface area contributed by atoms with E-state index in [9.17, 15) is 18.9 Å². The highest BCUT2D eigenvalue weighted by molar-refractivity contribution is 7.92. The van der Waals surface area contributed by atoms with E-state index in [4.69, 9.17) is 21.1 Å². The van der Waals surface area contributed by atoms with Crippen LogP contribution in [-0.2, 0) is 31.3 Å². The van der Waals surface area contributed by atoms with E-state index in [0.29, 0.717) is 49.1 Å². The topological polar surface area (TPSA) is 118 Å². The third-order valence-electron chi connectivity index (χ3n) is 11.1. The van der Waals surface area contributed by atoms with Crippen LogP contribution in [0.2, 0.25) is 5.02 Å². The molecule has 1 spiro atoms. The molecule has 2 aliphatic carbocycles. The summed E-state index contributed by atoms with van der Waals surface area (Å²) in [6, 6.07) is 20.3. The SMILES string of the molecule is CO[C@H]1/C=C/CCC[S@@](=O)(NC(=O)C[C@H](O)c2ccccc2)=NC(=O)c2ccc3c(c2)N(C[C@@H]2CC[C@H]21)C[C@@]1(CCCc2cc(Cl)ccc21)CO3. The predicted molar refractivity (Wildman–Crippen MR) is 200 cm³/mol. The Hall–Kier alpha value is -3.70. The van der Waals surface area contributed by atoms with E-state index in [0.717, 1.165) is 49.4 Å². The lowest BCUT2D eigenvalue weighted by molar-refractivity contribution is -0.121. The highest BCUT2D eigenvalue weighted by Crippen LogP contribution is 2.47. The number of allylic oxidation sites excluding steroid dienone is 1. The zero-order valence-corrected chi connectivity index (χ0v) is 30.5. The summed E-state index contributed by atoms with van der Waals surface area (Å²) in [5.41, 5.74) is 3.89. The molecule has 2 bridgehead atoms. The molecule has 1 saturated carbocycles. The van der Waals surface area contributed by atoms with Gasteiger partial charge in [0.25, 0.3) is 5.91 Å². The van der Waals surface area contributed by atoms with Gasteiger partial charge in [-0.2, -0.15) is 0 Å². The van der Waals surface area contributed by atoms with E-state index in [1.807, 2.05) is 24.3 Å². The number of carbonyl (C=O) groups is 2. The minimum absolute atomic E-state index is 0.0217. The quantitative estimate of drug-likeness (QED) is 0.273. The maximum atomic E-state index is 14.3. The molecule has 2 amide bonds. The van der Waals surface area contributed by atoms with Crippen molar-refractivity contribution in [1.82, 2.24) is 4.72 Å². The van der Waals surface area contributed by atoms with Crippen molar-refractivity contribution >= 4 is 39.0 Å². The highest BCUT2D eigenvalue weighted by atomic mass is 35.5. The van der Waals surface area contributed by atoms with Crippen LogP contribution in [0.1, 0.15) is 78.1 Å². The second-order valence-electron chi connectivity index (χ2n) is 14.5. The molecule has 270 valence electrons. The second kappa shape index (κ2) is 15.1. The van der Waals surface area contributed by atoms with Gasteiger partial charge in [-0.3, -0.25) is 14.3 Å². The number of aliphatic hydroxyl groups excluding tert-OH is 1. The number of anilines is 1. The first kappa shape index (κ1) is 35.7. The molecule has 0 unspecified atom stereocenters. The van der Waals surface area contributed by atoms with Crippen molar-refractivity contribution < 1.29 is 28.4 Å². The first-order valence-electron chi connectivity index (χ1n) is 18.0. The van der Waals surface area contributed by atoms with Crippen LogP contribution in [0.15, 0.2) is 83.2 Å². The Bertz CT molecular complexity index is 1930. The summed E-state index contributed by atoms with van der Waals surface area (Å²) in [4.78, 5) is 29.4. The molecule has 0 radical (unpaired) electrons. The maximum Gasteiger partial charge on any atom is 0.286 e. The molecular formula is C40H46ClN3O6S. The number of hydrogen-bond acceptors (Lipinski definition) is 7. The Morgan fingerprint density at radius 1 is 1.16 bits per heavy atom.